The Morgan fingerprint density at radius 3 is 2.50 bits per heavy atom. The van der Waals surface area contributed by atoms with E-state index in [-0.39, 0.29) is 5.75 Å². The van der Waals surface area contributed by atoms with Gasteiger partial charge in [-0.3, -0.25) is 0 Å². The summed E-state index contributed by atoms with van der Waals surface area (Å²) in [6.45, 7) is 1.78. The summed E-state index contributed by atoms with van der Waals surface area (Å²) in [6, 6.07) is 11.2. The van der Waals surface area contributed by atoms with Crippen LogP contribution in [-0.4, -0.2) is 0 Å². The molecule has 0 aliphatic rings. The Hall–Kier alpha value is -2.54. The van der Waals surface area contributed by atoms with E-state index in [0.717, 1.165) is 5.56 Å². The first-order valence-electron chi connectivity index (χ1n) is 5.34. The zero-order valence-electron chi connectivity index (χ0n) is 9.77. The van der Waals surface area contributed by atoms with Gasteiger partial charge in [0.2, 0.25) is 0 Å². The number of nitrogens with zero attached hydrogens (tertiary/aromatic N) is 1. The predicted octanol–water partition coefficient (Wildman–Crippen LogP) is 3.38. The maximum atomic E-state index is 13.6. The molecule has 0 saturated carbocycles. The van der Waals surface area contributed by atoms with Gasteiger partial charge < -0.3 is 10.5 Å². The first-order valence-corrected chi connectivity index (χ1v) is 5.34. The van der Waals surface area contributed by atoms with E-state index >= 15 is 0 Å². The Morgan fingerprint density at radius 2 is 1.89 bits per heavy atom. The number of rotatable bonds is 2. The normalized spacial score (nSPS) is 9.83. The minimum atomic E-state index is -0.512. The number of nitriles is 1. The first kappa shape index (κ1) is 11.9. The highest BCUT2D eigenvalue weighted by atomic mass is 19.1. The first-order chi connectivity index (χ1) is 8.60. The lowest BCUT2D eigenvalue weighted by molar-refractivity contribution is 0.442. The summed E-state index contributed by atoms with van der Waals surface area (Å²) < 4.78 is 19.0. The summed E-state index contributed by atoms with van der Waals surface area (Å²) in [6.07, 6.45) is 0. The van der Waals surface area contributed by atoms with E-state index in [9.17, 15) is 4.39 Å². The van der Waals surface area contributed by atoms with Gasteiger partial charge in [-0.15, -0.1) is 0 Å². The van der Waals surface area contributed by atoms with Crippen LogP contribution >= 0.6 is 0 Å². The second-order valence-electron chi connectivity index (χ2n) is 3.88. The third-order valence-corrected chi connectivity index (χ3v) is 2.53. The summed E-state index contributed by atoms with van der Waals surface area (Å²) in [5.41, 5.74) is 7.25. The molecule has 0 unspecified atom stereocenters. The van der Waals surface area contributed by atoms with Crippen molar-refractivity contribution in [2.75, 3.05) is 5.73 Å². The van der Waals surface area contributed by atoms with Crippen LogP contribution in [0.2, 0.25) is 0 Å². The molecule has 0 atom stereocenters. The van der Waals surface area contributed by atoms with E-state index in [1.165, 1.54) is 6.07 Å². The number of ether oxygens (including phenoxy) is 1. The highest BCUT2D eigenvalue weighted by molar-refractivity contribution is 5.51. The van der Waals surface area contributed by atoms with E-state index in [2.05, 4.69) is 0 Å². The lowest BCUT2D eigenvalue weighted by Gasteiger charge is -2.09. The van der Waals surface area contributed by atoms with Gasteiger partial charge in [0.25, 0.3) is 0 Å². The van der Waals surface area contributed by atoms with E-state index in [1.807, 2.05) is 6.07 Å². The lowest BCUT2D eigenvalue weighted by Crippen LogP contribution is -1.94. The van der Waals surface area contributed by atoms with Crippen LogP contribution in [0.25, 0.3) is 0 Å². The summed E-state index contributed by atoms with van der Waals surface area (Å²) >= 11 is 0. The minimum absolute atomic E-state index is 0.117. The fourth-order valence-corrected chi connectivity index (χ4v) is 1.47. The van der Waals surface area contributed by atoms with Crippen LogP contribution in [0.15, 0.2) is 36.4 Å². The van der Waals surface area contributed by atoms with Gasteiger partial charge in [0.05, 0.1) is 11.6 Å². The molecule has 0 bridgehead atoms. The van der Waals surface area contributed by atoms with Crippen molar-refractivity contribution in [3.63, 3.8) is 0 Å². The van der Waals surface area contributed by atoms with Crippen molar-refractivity contribution in [2.24, 2.45) is 0 Å². The maximum Gasteiger partial charge on any atom is 0.167 e. The molecule has 90 valence electrons. The molecule has 0 aliphatic heterocycles. The molecule has 0 aromatic heterocycles. The number of nitrogens with two attached hydrogens (primary N) is 1. The van der Waals surface area contributed by atoms with Crippen LogP contribution in [0.1, 0.15) is 11.1 Å². The molecule has 2 rings (SSSR count). The van der Waals surface area contributed by atoms with Gasteiger partial charge in [-0.1, -0.05) is 0 Å². The number of benzene rings is 2. The number of hydrogen-bond acceptors (Lipinski definition) is 3. The van der Waals surface area contributed by atoms with Crippen molar-refractivity contribution in [2.45, 2.75) is 6.92 Å². The zero-order chi connectivity index (χ0) is 13.1. The van der Waals surface area contributed by atoms with Crippen LogP contribution in [0, 0.1) is 24.1 Å². The van der Waals surface area contributed by atoms with Gasteiger partial charge in [0, 0.05) is 11.8 Å². The van der Waals surface area contributed by atoms with Crippen LogP contribution < -0.4 is 10.5 Å². The van der Waals surface area contributed by atoms with E-state index in [0.29, 0.717) is 17.0 Å². The largest absolute Gasteiger partial charge is 0.454 e. The quantitative estimate of drug-likeness (QED) is 0.821. The Balaban J connectivity index is 2.28. The molecular weight excluding hydrogens is 231 g/mol. The Kier molecular flexibility index (Phi) is 3.16. The van der Waals surface area contributed by atoms with Crippen molar-refractivity contribution in [3.05, 3.63) is 53.3 Å². The number of hydrogen-bond donors (Lipinski definition) is 1. The Morgan fingerprint density at radius 1 is 1.22 bits per heavy atom. The number of halogens is 1. The number of anilines is 1. The molecule has 2 aromatic carbocycles. The number of nitrogen functional groups attached to an aromatic ring is 1. The van der Waals surface area contributed by atoms with Gasteiger partial charge in [-0.25, -0.2) is 4.39 Å². The van der Waals surface area contributed by atoms with Gasteiger partial charge in [0.1, 0.15) is 5.75 Å². The van der Waals surface area contributed by atoms with Gasteiger partial charge in [-0.05, 0) is 42.8 Å². The van der Waals surface area contributed by atoms with Crippen LogP contribution in [0.3, 0.4) is 0 Å². The average Bonchev–Trinajstić information content (AvgIpc) is 2.37. The monoisotopic (exact) mass is 242 g/mol. The van der Waals surface area contributed by atoms with Crippen LogP contribution in [0.5, 0.6) is 11.5 Å². The predicted molar refractivity (Wildman–Crippen MR) is 66.8 cm³/mol. The lowest BCUT2D eigenvalue weighted by atomic mass is 10.2. The molecule has 0 saturated heterocycles. The fourth-order valence-electron chi connectivity index (χ4n) is 1.47. The average molecular weight is 242 g/mol. The fraction of sp³-hybridized carbons (Fsp3) is 0.0714. The summed E-state index contributed by atoms with van der Waals surface area (Å²) in [4.78, 5) is 0. The van der Waals surface area contributed by atoms with Crippen molar-refractivity contribution >= 4 is 5.69 Å². The van der Waals surface area contributed by atoms with Crippen molar-refractivity contribution in [3.8, 4) is 17.6 Å². The second kappa shape index (κ2) is 4.76. The molecule has 2 aromatic rings. The number of aryl methyl sites for hydroxylation is 1. The highest BCUT2D eigenvalue weighted by Crippen LogP contribution is 2.28. The molecular formula is C14H11FN2O. The summed E-state index contributed by atoms with van der Waals surface area (Å²) in [5.74, 6) is 0.0749. The maximum absolute atomic E-state index is 13.6. The molecule has 0 aliphatic carbocycles. The van der Waals surface area contributed by atoms with Gasteiger partial charge >= 0.3 is 0 Å². The third kappa shape index (κ3) is 2.41. The molecule has 0 fully saturated rings. The van der Waals surface area contributed by atoms with Crippen LogP contribution in [-0.2, 0) is 0 Å². The SMILES string of the molecule is Cc1cc(Oc2ccc(C#N)cc2)c(F)cc1N. The molecule has 0 amide bonds. The zero-order valence-corrected chi connectivity index (χ0v) is 9.77. The smallest absolute Gasteiger partial charge is 0.167 e. The van der Waals surface area contributed by atoms with E-state index in [4.69, 9.17) is 15.7 Å². The molecule has 2 N–H and O–H groups in total. The molecule has 4 heteroatoms. The minimum Gasteiger partial charge on any atom is -0.454 e. The van der Waals surface area contributed by atoms with Crippen LogP contribution in [0.4, 0.5) is 10.1 Å². The highest BCUT2D eigenvalue weighted by Gasteiger charge is 2.07. The Bertz CT molecular complexity index is 615. The van der Waals surface area contributed by atoms with Gasteiger partial charge in [0.15, 0.2) is 11.6 Å². The standard InChI is InChI=1S/C14H11FN2O/c1-9-6-14(12(15)7-13(9)17)18-11-4-2-10(8-16)3-5-11/h2-7H,17H2,1H3. The molecule has 18 heavy (non-hydrogen) atoms. The molecule has 3 nitrogen and oxygen atoms in total. The van der Waals surface area contributed by atoms with Crippen molar-refractivity contribution in [1.82, 2.24) is 0 Å². The molecule has 0 heterocycles. The van der Waals surface area contributed by atoms with E-state index < -0.39 is 5.82 Å². The second-order valence-corrected chi connectivity index (χ2v) is 3.88. The summed E-state index contributed by atoms with van der Waals surface area (Å²) in [7, 11) is 0. The van der Waals surface area contributed by atoms with Crippen molar-refractivity contribution < 1.29 is 9.13 Å². The van der Waals surface area contributed by atoms with Crippen molar-refractivity contribution in [1.29, 1.82) is 5.26 Å². The topological polar surface area (TPSA) is 59.0 Å². The molecule has 0 radical (unpaired) electrons. The van der Waals surface area contributed by atoms with E-state index in [1.54, 1.807) is 37.3 Å². The summed E-state index contributed by atoms with van der Waals surface area (Å²) in [5, 5.41) is 8.66. The third-order valence-electron chi connectivity index (χ3n) is 2.53. The Labute approximate surface area is 104 Å². The molecule has 0 spiro atoms. The van der Waals surface area contributed by atoms with Gasteiger partial charge in [-0.2, -0.15) is 5.26 Å².